The summed E-state index contributed by atoms with van der Waals surface area (Å²) in [6.07, 6.45) is 6.95. The lowest BCUT2D eigenvalue weighted by atomic mass is 9.78. The summed E-state index contributed by atoms with van der Waals surface area (Å²) in [5.74, 6) is -7.09. The molecule has 3 aliphatic rings. The minimum Gasteiger partial charge on any atom is -0.505 e. The number of aromatic hydroxyl groups is 1. The van der Waals surface area contributed by atoms with Gasteiger partial charge in [0.25, 0.3) is 11.7 Å². The molecule has 1 saturated heterocycles. The first-order valence-electron chi connectivity index (χ1n) is 21.5. The molecule has 336 valence electrons. The van der Waals surface area contributed by atoms with Gasteiger partial charge >= 0.3 is 11.8 Å². The van der Waals surface area contributed by atoms with Crippen molar-refractivity contribution in [2.24, 2.45) is 23.7 Å². The van der Waals surface area contributed by atoms with Crippen LogP contribution in [0.15, 0.2) is 63.6 Å². The van der Waals surface area contributed by atoms with Gasteiger partial charge in [-0.25, -0.2) is 4.98 Å². The number of ether oxygens (including phenoxy) is 4. The fraction of sp³-hybridized carbons (Fsp3) is 0.479. The van der Waals surface area contributed by atoms with Gasteiger partial charge in [-0.1, -0.05) is 45.9 Å². The Morgan fingerprint density at radius 2 is 1.68 bits per heavy atom. The number of amides is 1. The van der Waals surface area contributed by atoms with Crippen LogP contribution in [0.3, 0.4) is 0 Å². The van der Waals surface area contributed by atoms with Gasteiger partial charge in [-0.3, -0.25) is 19.2 Å². The molecule has 1 fully saturated rings. The molecule has 0 radical (unpaired) electrons. The van der Waals surface area contributed by atoms with Crippen LogP contribution in [0.25, 0.3) is 33.0 Å². The quantitative estimate of drug-likeness (QED) is 0.0709. The van der Waals surface area contributed by atoms with Crippen molar-refractivity contribution in [3.63, 3.8) is 0 Å². The zero-order valence-corrected chi connectivity index (χ0v) is 37.2. The van der Waals surface area contributed by atoms with Crippen molar-refractivity contribution in [3.05, 3.63) is 75.7 Å². The van der Waals surface area contributed by atoms with Gasteiger partial charge in [-0.05, 0) is 51.3 Å². The molecule has 7 rings (SSSR count). The minimum absolute atomic E-state index is 0.00964. The molecule has 0 unspecified atom stereocenters. The molecule has 9 atom stereocenters. The number of fused-ring (bicyclic) bond motifs is 2. The monoisotopic (exact) mass is 867 g/mol. The fourth-order valence-electron chi connectivity index (χ4n) is 9.14. The van der Waals surface area contributed by atoms with E-state index >= 15 is 0 Å². The van der Waals surface area contributed by atoms with Crippen LogP contribution >= 0.6 is 0 Å². The first kappa shape index (κ1) is 45.3. The van der Waals surface area contributed by atoms with E-state index in [4.69, 9.17) is 28.3 Å². The first-order valence-corrected chi connectivity index (χ1v) is 21.5. The van der Waals surface area contributed by atoms with Gasteiger partial charge in [0.05, 0.1) is 35.5 Å². The largest absolute Gasteiger partial charge is 0.505 e. The van der Waals surface area contributed by atoms with Crippen LogP contribution in [0.4, 0.5) is 11.4 Å². The van der Waals surface area contributed by atoms with Crippen LogP contribution in [0.1, 0.15) is 83.7 Å². The molecule has 15 nitrogen and oxygen atoms in total. The van der Waals surface area contributed by atoms with Crippen LogP contribution in [0.2, 0.25) is 0 Å². The van der Waals surface area contributed by atoms with Crippen molar-refractivity contribution in [2.45, 2.75) is 105 Å². The standard InChI is InChI=1S/C48H57N3O12/c1-23-14-13-15-24(2)47(58)50-38-42(56)35-34(37-45(38)62-33-22-30(16-17-31(33)49-37)51-19-11-10-12-20-51)36-44(28(6)41(35)55)63-48(8,46(36)57)60-21-18-32(59-9)25(3)43(61-29(7)52)27(5)40(54)26(4)39(23)53/h13-18,21-23,25-27,32,39-40,43,53-54,56H,10-12,19-20H2,1-9H3,(H,50,58)/b14-13+,21-18+,24-15-/t23-,25+,26+,27+,32-,39-,40+,43+,48-/m0/s1. The predicted molar refractivity (Wildman–Crippen MR) is 238 cm³/mol. The summed E-state index contributed by atoms with van der Waals surface area (Å²) in [5, 5.41) is 37.6. The lowest BCUT2D eigenvalue weighted by Gasteiger charge is -2.38. The number of aliphatic hydroxyl groups is 2. The Kier molecular flexibility index (Phi) is 12.8. The van der Waals surface area contributed by atoms with Crippen LogP contribution in [-0.2, 0) is 23.8 Å². The van der Waals surface area contributed by atoms with E-state index in [0.29, 0.717) is 11.1 Å². The number of benzene rings is 3. The Balaban J connectivity index is 1.44. The average molecular weight is 868 g/mol. The third-order valence-corrected chi connectivity index (χ3v) is 13.0. The molecule has 3 aliphatic heterocycles. The molecule has 4 aromatic rings. The van der Waals surface area contributed by atoms with Crippen LogP contribution in [-0.4, -0.2) is 88.4 Å². The number of rotatable bonds is 3. The van der Waals surface area contributed by atoms with Crippen molar-refractivity contribution in [1.29, 1.82) is 0 Å². The highest BCUT2D eigenvalue weighted by Crippen LogP contribution is 2.48. The number of methoxy groups -OCH3 is 1. The number of hydrogen-bond donors (Lipinski definition) is 4. The number of piperidine rings is 1. The van der Waals surface area contributed by atoms with Gasteiger partial charge < -0.3 is 48.9 Å². The number of nitrogens with zero attached hydrogens (tertiary/aromatic N) is 2. The molecule has 4 heterocycles. The average Bonchev–Trinajstić information content (AvgIpc) is 3.53. The maximum absolute atomic E-state index is 14.7. The molecule has 4 bridgehead atoms. The molecular formula is C48H57N3O12. The second-order valence-electron chi connectivity index (χ2n) is 17.4. The number of carbonyl (C=O) groups excluding carboxylic acids is 3. The van der Waals surface area contributed by atoms with E-state index < -0.39 is 82.7 Å². The summed E-state index contributed by atoms with van der Waals surface area (Å²) in [6, 6.07) is 5.57. The Labute approximate surface area is 365 Å². The molecular weight excluding hydrogens is 811 g/mol. The molecule has 63 heavy (non-hydrogen) atoms. The topological polar surface area (TPSA) is 207 Å². The van der Waals surface area contributed by atoms with Gasteiger partial charge in [-0.2, -0.15) is 0 Å². The summed E-state index contributed by atoms with van der Waals surface area (Å²) in [6.45, 7) is 14.4. The number of hydrogen-bond acceptors (Lipinski definition) is 14. The Bertz CT molecular complexity index is 2630. The summed E-state index contributed by atoms with van der Waals surface area (Å²) >= 11 is 0. The summed E-state index contributed by atoms with van der Waals surface area (Å²) < 4.78 is 30.4. The van der Waals surface area contributed by atoms with E-state index in [0.717, 1.165) is 38.0 Å². The highest BCUT2D eigenvalue weighted by atomic mass is 16.7. The Hall–Kier alpha value is -5.77. The van der Waals surface area contributed by atoms with Gasteiger partial charge in [0.1, 0.15) is 28.6 Å². The fourth-order valence-corrected chi connectivity index (χ4v) is 9.14. The van der Waals surface area contributed by atoms with Gasteiger partial charge in [-0.15, -0.1) is 0 Å². The zero-order valence-electron chi connectivity index (χ0n) is 37.2. The normalized spacial score (nSPS) is 30.5. The van der Waals surface area contributed by atoms with Crippen molar-refractivity contribution in [1.82, 2.24) is 4.98 Å². The number of aromatic nitrogens is 1. The van der Waals surface area contributed by atoms with E-state index in [2.05, 4.69) is 10.2 Å². The second kappa shape index (κ2) is 17.8. The molecule has 4 N–H and O–H groups in total. The van der Waals surface area contributed by atoms with Crippen LogP contribution in [0.5, 0.6) is 11.5 Å². The molecule has 1 amide bonds. The number of esters is 1. The minimum atomic E-state index is -2.03. The lowest BCUT2D eigenvalue weighted by molar-refractivity contribution is -0.160. The van der Waals surface area contributed by atoms with Crippen molar-refractivity contribution in [2.75, 3.05) is 30.4 Å². The number of nitrogens with one attached hydrogen (secondary N) is 1. The molecule has 3 aromatic carbocycles. The van der Waals surface area contributed by atoms with Crippen molar-refractivity contribution in [3.8, 4) is 11.5 Å². The van der Waals surface area contributed by atoms with Gasteiger partial charge in [0.2, 0.25) is 0 Å². The van der Waals surface area contributed by atoms with Crippen molar-refractivity contribution >= 4 is 62.0 Å². The third kappa shape index (κ3) is 8.29. The molecule has 15 heteroatoms. The number of phenols is 1. The number of phenolic OH excluding ortho intramolecular Hbond substituents is 1. The van der Waals surface area contributed by atoms with E-state index in [9.17, 15) is 34.5 Å². The predicted octanol–water partition coefficient (Wildman–Crippen LogP) is 6.99. The molecule has 0 saturated carbocycles. The van der Waals surface area contributed by atoms with Crippen LogP contribution < -0.4 is 20.4 Å². The first-order chi connectivity index (χ1) is 29.9. The van der Waals surface area contributed by atoms with E-state index in [-0.39, 0.29) is 50.0 Å². The van der Waals surface area contributed by atoms with Gasteiger partial charge in [0.15, 0.2) is 22.3 Å². The van der Waals surface area contributed by atoms with E-state index in [1.165, 1.54) is 46.3 Å². The summed E-state index contributed by atoms with van der Waals surface area (Å²) in [5.41, 5.74) is 0.837. The lowest BCUT2D eigenvalue weighted by Crippen LogP contribution is -2.46. The summed E-state index contributed by atoms with van der Waals surface area (Å²) in [7, 11) is 1.45. The number of allylic oxidation sites excluding steroid dienone is 2. The highest BCUT2D eigenvalue weighted by Gasteiger charge is 2.49. The number of carbonyl (C=O) groups is 3. The maximum Gasteiger partial charge on any atom is 0.312 e. The maximum atomic E-state index is 14.7. The molecule has 0 aliphatic carbocycles. The highest BCUT2D eigenvalue weighted by molar-refractivity contribution is 6.26. The third-order valence-electron chi connectivity index (χ3n) is 13.0. The molecule has 0 spiro atoms. The Morgan fingerprint density at radius 3 is 2.37 bits per heavy atom. The van der Waals surface area contributed by atoms with Crippen molar-refractivity contribution < 1.29 is 53.1 Å². The SMILES string of the molecule is CO[C@H]1/C=C/O[C@@]2(C)Oc3c(C)c(=O)c4c(O)c(c5oc6cc(N7CCCCC7)ccc6nc5c4c3C2=O)NC(=O)/C(C)=C\C=C\[C@H](C)[C@H](O)[C@@H](C)[C@@H](O)[C@@H](C)[C@H](OC(C)=O)[C@@H]1C. The smallest absolute Gasteiger partial charge is 0.312 e. The van der Waals surface area contributed by atoms with E-state index in [1.54, 1.807) is 52.8 Å². The van der Waals surface area contributed by atoms with E-state index in [1.807, 2.05) is 12.1 Å². The number of aliphatic hydroxyl groups excluding tert-OH is 2. The molecule has 1 aromatic heterocycles. The zero-order chi connectivity index (χ0) is 45.7. The summed E-state index contributed by atoms with van der Waals surface area (Å²) in [4.78, 5) is 62.6. The number of anilines is 2. The van der Waals surface area contributed by atoms with Crippen LogP contribution in [0, 0.1) is 30.6 Å². The number of Topliss-reactive ketones (excluding diaryl/α,β-unsaturated/α-hetero) is 1. The Morgan fingerprint density at radius 1 is 0.968 bits per heavy atom. The van der Waals surface area contributed by atoms with Gasteiger partial charge in [0, 0.05) is 86.0 Å². The number of ketones is 1. The second-order valence-corrected chi connectivity index (χ2v) is 17.4.